The van der Waals surface area contributed by atoms with Crippen molar-refractivity contribution in [2.45, 2.75) is 31.8 Å². The summed E-state index contributed by atoms with van der Waals surface area (Å²) >= 11 is 0. The first-order valence-electron chi connectivity index (χ1n) is 9.33. The number of aromatic amines is 1. The number of rotatable bonds is 7. The molecule has 1 heterocycles. The van der Waals surface area contributed by atoms with Gasteiger partial charge >= 0.3 is 6.09 Å². The number of nitrogens with one attached hydrogen (secondary N) is 3. The van der Waals surface area contributed by atoms with Gasteiger partial charge in [-0.15, -0.1) is 0 Å². The van der Waals surface area contributed by atoms with Crippen molar-refractivity contribution in [3.05, 3.63) is 65.9 Å². The normalized spacial score (nSPS) is 14.0. The molecule has 0 aliphatic carbocycles. The summed E-state index contributed by atoms with van der Waals surface area (Å²) in [7, 11) is 1.59. The number of hydrogen-bond donors (Lipinski definition) is 4. The number of H-pyrrole nitrogens is 1. The van der Waals surface area contributed by atoms with Gasteiger partial charge in [0.25, 0.3) is 0 Å². The summed E-state index contributed by atoms with van der Waals surface area (Å²) in [5.41, 5.74) is 1.36. The van der Waals surface area contributed by atoms with Crippen molar-refractivity contribution in [2.75, 3.05) is 7.11 Å². The van der Waals surface area contributed by atoms with Crippen molar-refractivity contribution >= 4 is 22.9 Å². The molecule has 0 aliphatic heterocycles. The molecule has 3 aromatic rings. The van der Waals surface area contributed by atoms with Gasteiger partial charge in [-0.05, 0) is 43.2 Å². The second-order valence-corrected chi connectivity index (χ2v) is 7.27. The maximum absolute atomic E-state index is 13.1. The smallest absolute Gasteiger partial charge is 0.405 e. The minimum atomic E-state index is -1.34. The lowest BCUT2D eigenvalue weighted by molar-refractivity contribution is -0.127. The number of methoxy groups -OCH3 is 1. The highest BCUT2D eigenvalue weighted by Gasteiger charge is 2.36. The molecule has 3 rings (SSSR count). The van der Waals surface area contributed by atoms with E-state index in [0.29, 0.717) is 0 Å². The Labute approximate surface area is 169 Å². The Morgan fingerprint density at radius 1 is 1.17 bits per heavy atom. The van der Waals surface area contributed by atoms with E-state index in [2.05, 4.69) is 15.6 Å². The van der Waals surface area contributed by atoms with Crippen LogP contribution in [0.1, 0.15) is 31.0 Å². The second kappa shape index (κ2) is 8.26. The summed E-state index contributed by atoms with van der Waals surface area (Å²) in [5.74, 6) is 0.331. The monoisotopic (exact) mass is 395 g/mol. The van der Waals surface area contributed by atoms with Crippen LogP contribution in [0.2, 0.25) is 0 Å². The van der Waals surface area contributed by atoms with Crippen LogP contribution in [-0.4, -0.2) is 34.7 Å². The molecule has 1 aromatic heterocycles. The van der Waals surface area contributed by atoms with Crippen molar-refractivity contribution in [1.82, 2.24) is 15.6 Å². The number of carboxylic acid groups (broad SMARTS) is 1. The Morgan fingerprint density at radius 2 is 1.86 bits per heavy atom. The lowest BCUT2D eigenvalue weighted by atomic mass is 9.91. The molecule has 7 nitrogen and oxygen atoms in total. The van der Waals surface area contributed by atoms with E-state index in [0.717, 1.165) is 27.8 Å². The number of carbonyl (C=O) groups excluding carboxylic acids is 1. The van der Waals surface area contributed by atoms with Crippen LogP contribution in [0.25, 0.3) is 10.9 Å². The number of aromatic nitrogens is 1. The van der Waals surface area contributed by atoms with Gasteiger partial charge in [0.15, 0.2) is 0 Å². The van der Waals surface area contributed by atoms with E-state index in [1.165, 1.54) is 0 Å². The van der Waals surface area contributed by atoms with Gasteiger partial charge in [0.05, 0.1) is 13.2 Å². The lowest BCUT2D eigenvalue weighted by Crippen LogP contribution is -2.58. The van der Waals surface area contributed by atoms with Crippen LogP contribution >= 0.6 is 0 Å². The second-order valence-electron chi connectivity index (χ2n) is 7.27. The first-order valence-corrected chi connectivity index (χ1v) is 9.33. The summed E-state index contributed by atoms with van der Waals surface area (Å²) in [6, 6.07) is 14.8. The molecule has 0 bridgehead atoms. The number of amides is 2. The molecule has 0 fully saturated rings. The summed E-state index contributed by atoms with van der Waals surface area (Å²) in [5, 5.41) is 15.6. The molecule has 2 amide bonds. The molecule has 1 unspecified atom stereocenters. The molecule has 2 atom stereocenters. The van der Waals surface area contributed by atoms with Crippen LogP contribution in [0.3, 0.4) is 0 Å². The Balaban J connectivity index is 1.82. The van der Waals surface area contributed by atoms with Crippen LogP contribution in [-0.2, 0) is 11.2 Å². The number of fused-ring (bicyclic) bond motifs is 1. The van der Waals surface area contributed by atoms with Gasteiger partial charge in [-0.3, -0.25) is 4.79 Å². The fourth-order valence-electron chi connectivity index (χ4n) is 3.41. The van der Waals surface area contributed by atoms with Crippen LogP contribution in [0.4, 0.5) is 4.79 Å². The zero-order valence-corrected chi connectivity index (χ0v) is 16.7. The van der Waals surface area contributed by atoms with Gasteiger partial charge in [-0.25, -0.2) is 4.79 Å². The van der Waals surface area contributed by atoms with Crippen molar-refractivity contribution < 1.29 is 19.4 Å². The van der Waals surface area contributed by atoms with E-state index in [9.17, 15) is 14.7 Å². The Hall–Kier alpha value is -3.48. The van der Waals surface area contributed by atoms with E-state index in [4.69, 9.17) is 4.74 Å². The van der Waals surface area contributed by atoms with Crippen LogP contribution < -0.4 is 15.4 Å². The Kier molecular flexibility index (Phi) is 5.77. The van der Waals surface area contributed by atoms with E-state index in [-0.39, 0.29) is 12.5 Å². The average Bonchev–Trinajstić information content (AvgIpc) is 3.10. The third kappa shape index (κ3) is 4.51. The molecular formula is C22H25N3O4. The molecule has 152 valence electrons. The summed E-state index contributed by atoms with van der Waals surface area (Å²) in [6.45, 7) is 3.45. The van der Waals surface area contributed by atoms with Crippen LogP contribution in [0.15, 0.2) is 54.7 Å². The molecule has 0 aliphatic rings. The maximum atomic E-state index is 13.1. The first-order chi connectivity index (χ1) is 13.8. The zero-order chi connectivity index (χ0) is 21.0. The number of benzene rings is 2. The third-order valence-electron chi connectivity index (χ3n) is 5.07. The summed E-state index contributed by atoms with van der Waals surface area (Å²) in [6.07, 6.45) is 0.775. The quantitative estimate of drug-likeness (QED) is 0.490. The fraction of sp³-hybridized carbons (Fsp3) is 0.273. The average molecular weight is 395 g/mol. The highest BCUT2D eigenvalue weighted by molar-refractivity contribution is 5.91. The lowest BCUT2D eigenvalue weighted by Gasteiger charge is -2.30. The van der Waals surface area contributed by atoms with E-state index >= 15 is 0 Å². The molecule has 7 heteroatoms. The van der Waals surface area contributed by atoms with Gasteiger partial charge in [-0.2, -0.15) is 0 Å². The Bertz CT molecular complexity index is 1010. The molecule has 29 heavy (non-hydrogen) atoms. The molecule has 4 N–H and O–H groups in total. The molecule has 0 radical (unpaired) electrons. The predicted octanol–water partition coefficient (Wildman–Crippen LogP) is 3.62. The van der Waals surface area contributed by atoms with E-state index in [1.807, 2.05) is 61.7 Å². The van der Waals surface area contributed by atoms with E-state index < -0.39 is 17.5 Å². The summed E-state index contributed by atoms with van der Waals surface area (Å²) in [4.78, 5) is 27.7. The van der Waals surface area contributed by atoms with Gasteiger partial charge < -0.3 is 25.5 Å². The van der Waals surface area contributed by atoms with Crippen molar-refractivity contribution in [2.24, 2.45) is 0 Å². The topological polar surface area (TPSA) is 103 Å². The number of para-hydroxylation sites is 1. The van der Waals surface area contributed by atoms with Gasteiger partial charge in [0, 0.05) is 23.5 Å². The maximum Gasteiger partial charge on any atom is 0.405 e. The minimum Gasteiger partial charge on any atom is -0.497 e. The van der Waals surface area contributed by atoms with Crippen molar-refractivity contribution in [1.29, 1.82) is 0 Å². The predicted molar refractivity (Wildman–Crippen MR) is 111 cm³/mol. The standard InChI is InChI=1S/C22H25N3O4/c1-14(15-8-10-17(29-3)11-9-15)24-20(26)22(2,25-21(27)28)12-16-13-23-19-7-5-4-6-18(16)19/h4-11,13-14,23,25H,12H2,1-3H3,(H,24,26)(H,27,28)/t14?,22-/m1/s1. The first kappa shape index (κ1) is 20.3. The minimum absolute atomic E-state index is 0.213. The number of hydrogen-bond acceptors (Lipinski definition) is 3. The van der Waals surface area contributed by atoms with Gasteiger partial charge in [0.2, 0.25) is 5.91 Å². The molecule has 0 spiro atoms. The highest BCUT2D eigenvalue weighted by atomic mass is 16.5. The third-order valence-corrected chi connectivity index (χ3v) is 5.07. The largest absolute Gasteiger partial charge is 0.497 e. The SMILES string of the molecule is COc1ccc(C(C)NC(=O)[C@@](C)(Cc2c[nH]c3ccccc23)NC(=O)O)cc1. The van der Waals surface area contributed by atoms with Crippen LogP contribution in [0, 0.1) is 0 Å². The highest BCUT2D eigenvalue weighted by Crippen LogP contribution is 2.24. The molecule has 0 saturated heterocycles. The fourth-order valence-corrected chi connectivity index (χ4v) is 3.41. The molecule has 0 saturated carbocycles. The van der Waals surface area contributed by atoms with Crippen molar-refractivity contribution in [3.63, 3.8) is 0 Å². The van der Waals surface area contributed by atoms with Crippen LogP contribution in [0.5, 0.6) is 5.75 Å². The number of ether oxygens (including phenoxy) is 1. The Morgan fingerprint density at radius 3 is 2.52 bits per heavy atom. The molecule has 2 aromatic carbocycles. The van der Waals surface area contributed by atoms with Gasteiger partial charge in [-0.1, -0.05) is 30.3 Å². The van der Waals surface area contributed by atoms with Crippen molar-refractivity contribution in [3.8, 4) is 5.75 Å². The molecular weight excluding hydrogens is 370 g/mol. The van der Waals surface area contributed by atoms with E-state index in [1.54, 1.807) is 14.0 Å². The van der Waals surface area contributed by atoms with Gasteiger partial charge in [0.1, 0.15) is 11.3 Å². The number of carbonyl (C=O) groups is 2. The zero-order valence-electron chi connectivity index (χ0n) is 16.7. The summed E-state index contributed by atoms with van der Waals surface area (Å²) < 4.78 is 5.16.